The quantitative estimate of drug-likeness (QED) is 0.479. The third-order valence-corrected chi connectivity index (χ3v) is 8.43. The number of amides is 2. The van der Waals surface area contributed by atoms with E-state index in [1.165, 1.54) is 6.42 Å². The number of ether oxygens (including phenoxy) is 1. The lowest BCUT2D eigenvalue weighted by atomic mass is 9.93. The lowest BCUT2D eigenvalue weighted by Crippen LogP contribution is -2.52. The molecule has 1 atom stereocenters. The third-order valence-electron chi connectivity index (χ3n) is 8.43. The number of benzene rings is 1. The summed E-state index contributed by atoms with van der Waals surface area (Å²) in [6, 6.07) is 9.33. The smallest absolute Gasteiger partial charge is 0.264 e. The number of hydrogen-bond acceptors (Lipinski definition) is 5. The molecule has 0 radical (unpaired) electrons. The molecule has 0 spiro atoms. The number of rotatable bonds is 7. The number of hydrogen-bond donors (Lipinski definition) is 1. The summed E-state index contributed by atoms with van der Waals surface area (Å²) in [5.74, 6) is 3.74. The Labute approximate surface area is 238 Å². The Morgan fingerprint density at radius 3 is 2.67 bits per heavy atom. The van der Waals surface area contributed by atoms with Crippen molar-refractivity contribution in [2.24, 2.45) is 0 Å². The predicted molar refractivity (Wildman–Crippen MR) is 158 cm³/mol. The van der Waals surface area contributed by atoms with Gasteiger partial charge in [-0.05, 0) is 81.7 Å². The van der Waals surface area contributed by atoms with Gasteiger partial charge in [-0.2, -0.15) is 0 Å². The molecule has 1 saturated carbocycles. The second-order valence-electron chi connectivity index (χ2n) is 11.1. The molecular weight excluding hydrogens is 500 g/mol. The molecular formula is C33H42N4O3. The minimum Gasteiger partial charge on any atom is -0.478 e. The average molecular weight is 543 g/mol. The summed E-state index contributed by atoms with van der Waals surface area (Å²) in [6.07, 6.45) is 16.5. The number of para-hydroxylation sites is 1. The van der Waals surface area contributed by atoms with Gasteiger partial charge in [-0.3, -0.25) is 14.5 Å². The van der Waals surface area contributed by atoms with Crippen LogP contribution in [0.25, 0.3) is 0 Å². The van der Waals surface area contributed by atoms with E-state index < -0.39 is 6.10 Å². The van der Waals surface area contributed by atoms with Gasteiger partial charge in [0.15, 0.2) is 6.10 Å². The normalized spacial score (nSPS) is 21.7. The van der Waals surface area contributed by atoms with Crippen LogP contribution in [0.15, 0.2) is 53.9 Å². The van der Waals surface area contributed by atoms with E-state index in [0.717, 1.165) is 86.3 Å². The van der Waals surface area contributed by atoms with Gasteiger partial charge in [-0.25, -0.2) is 0 Å². The monoisotopic (exact) mass is 542 g/mol. The second-order valence-corrected chi connectivity index (χ2v) is 11.1. The first kappa shape index (κ1) is 27.9. The highest BCUT2D eigenvalue weighted by Gasteiger charge is 2.36. The van der Waals surface area contributed by atoms with E-state index >= 15 is 0 Å². The van der Waals surface area contributed by atoms with Crippen molar-refractivity contribution in [2.45, 2.75) is 83.8 Å². The summed E-state index contributed by atoms with van der Waals surface area (Å²) in [5, 5.41) is 3.54. The van der Waals surface area contributed by atoms with Gasteiger partial charge in [0.1, 0.15) is 12.3 Å². The van der Waals surface area contributed by atoms with Crippen molar-refractivity contribution in [3.63, 3.8) is 0 Å². The largest absolute Gasteiger partial charge is 0.478 e. The maximum Gasteiger partial charge on any atom is 0.264 e. The highest BCUT2D eigenvalue weighted by Crippen LogP contribution is 2.36. The summed E-state index contributed by atoms with van der Waals surface area (Å²) >= 11 is 0. The van der Waals surface area contributed by atoms with Crippen LogP contribution in [-0.2, 0) is 16.0 Å². The average Bonchev–Trinajstić information content (AvgIpc) is 3.55. The fourth-order valence-corrected chi connectivity index (χ4v) is 6.21. The van der Waals surface area contributed by atoms with E-state index in [0.29, 0.717) is 13.0 Å². The molecule has 2 amide bonds. The molecule has 3 heterocycles. The zero-order valence-electron chi connectivity index (χ0n) is 24.0. The summed E-state index contributed by atoms with van der Waals surface area (Å²) in [6.45, 7) is 6.24. The van der Waals surface area contributed by atoms with Crippen molar-refractivity contribution in [1.29, 1.82) is 0 Å². The van der Waals surface area contributed by atoms with Gasteiger partial charge in [0.05, 0.1) is 5.69 Å². The van der Waals surface area contributed by atoms with Gasteiger partial charge < -0.3 is 19.9 Å². The number of carbonyl (C=O) groups excluding carboxylic acids is 2. The predicted octanol–water partition coefficient (Wildman–Crippen LogP) is 5.22. The Morgan fingerprint density at radius 1 is 1.12 bits per heavy atom. The molecule has 1 aromatic carbocycles. The Balaban J connectivity index is 1.29. The SMILES string of the molecule is CC#CN1C=CC(CNc2cccc3c2OC(C(=O)N(CC(=O)N2CCCC2)C2CCCCC2)CC3)=C/C1=C/C. The fourth-order valence-electron chi connectivity index (χ4n) is 6.21. The van der Waals surface area contributed by atoms with Crippen molar-refractivity contribution in [2.75, 3.05) is 31.5 Å². The van der Waals surface area contributed by atoms with Gasteiger partial charge >= 0.3 is 0 Å². The van der Waals surface area contributed by atoms with Gasteiger partial charge in [0.2, 0.25) is 5.91 Å². The third kappa shape index (κ3) is 6.38. The number of likely N-dealkylation sites (tertiary alicyclic amines) is 1. The van der Waals surface area contributed by atoms with Crippen molar-refractivity contribution in [1.82, 2.24) is 14.7 Å². The molecule has 1 saturated heterocycles. The van der Waals surface area contributed by atoms with E-state index in [-0.39, 0.29) is 24.4 Å². The molecule has 7 heteroatoms. The van der Waals surface area contributed by atoms with E-state index in [2.05, 4.69) is 35.5 Å². The lowest BCUT2D eigenvalue weighted by molar-refractivity contribution is -0.148. The van der Waals surface area contributed by atoms with E-state index in [1.807, 2.05) is 53.0 Å². The van der Waals surface area contributed by atoms with Crippen LogP contribution in [0.1, 0.15) is 70.8 Å². The van der Waals surface area contributed by atoms with E-state index in [4.69, 9.17) is 4.74 Å². The second kappa shape index (κ2) is 13.1. The standard InChI is InChI=1S/C33H42N4O3/c1-3-18-35-21-17-25(22-27(35)4-2)23-34-29-14-10-11-26-15-16-30(40-32(26)29)33(39)37(28-12-6-5-7-13-28)24-31(38)36-19-8-9-20-36/h4,10-11,14,17,21-22,28,30,34H,5-9,12-13,15-16,19-20,23-24H2,1-2H3/b27-4-. The van der Waals surface area contributed by atoms with Crippen LogP contribution in [0.5, 0.6) is 5.75 Å². The minimum absolute atomic E-state index is 0.0346. The van der Waals surface area contributed by atoms with E-state index in [9.17, 15) is 9.59 Å². The topological polar surface area (TPSA) is 65.1 Å². The number of carbonyl (C=O) groups is 2. The fraction of sp³-hybridized carbons (Fsp3) is 0.515. The molecule has 0 aromatic heterocycles. The van der Waals surface area contributed by atoms with Crippen molar-refractivity contribution >= 4 is 17.5 Å². The first-order chi connectivity index (χ1) is 19.6. The molecule has 212 valence electrons. The van der Waals surface area contributed by atoms with Crippen LogP contribution in [0.3, 0.4) is 0 Å². The Hall–Kier alpha value is -3.66. The van der Waals surface area contributed by atoms with Gasteiger partial charge in [0, 0.05) is 43.6 Å². The molecule has 1 N–H and O–H groups in total. The number of aryl methyl sites for hydroxylation is 1. The highest BCUT2D eigenvalue weighted by atomic mass is 16.5. The molecule has 7 nitrogen and oxygen atoms in total. The Bertz CT molecular complexity index is 1240. The molecule has 40 heavy (non-hydrogen) atoms. The Kier molecular flexibility index (Phi) is 9.15. The molecule has 2 fully saturated rings. The minimum atomic E-state index is -0.576. The number of allylic oxidation sites excluding steroid dienone is 2. The molecule has 1 unspecified atom stereocenters. The van der Waals surface area contributed by atoms with Crippen molar-refractivity contribution in [3.8, 4) is 17.7 Å². The first-order valence-electron chi connectivity index (χ1n) is 14.9. The van der Waals surface area contributed by atoms with Crippen LogP contribution < -0.4 is 10.1 Å². The van der Waals surface area contributed by atoms with Gasteiger partial charge in [-0.1, -0.05) is 43.4 Å². The van der Waals surface area contributed by atoms with Crippen molar-refractivity contribution < 1.29 is 14.3 Å². The number of fused-ring (bicyclic) bond motifs is 1. The molecule has 1 aromatic rings. The number of anilines is 1. The summed E-state index contributed by atoms with van der Waals surface area (Å²) in [5.41, 5.74) is 4.17. The molecule has 1 aliphatic carbocycles. The Morgan fingerprint density at radius 2 is 1.93 bits per heavy atom. The van der Waals surface area contributed by atoms with Gasteiger partial charge in [0.25, 0.3) is 5.91 Å². The molecule has 4 aliphatic rings. The van der Waals surface area contributed by atoms with Gasteiger partial charge in [-0.15, -0.1) is 0 Å². The first-order valence-corrected chi connectivity index (χ1v) is 14.9. The van der Waals surface area contributed by atoms with Crippen LogP contribution in [0.4, 0.5) is 5.69 Å². The molecule has 3 aliphatic heterocycles. The lowest BCUT2D eigenvalue weighted by Gasteiger charge is -2.38. The zero-order valence-corrected chi connectivity index (χ0v) is 24.0. The zero-order chi connectivity index (χ0) is 27.9. The summed E-state index contributed by atoms with van der Waals surface area (Å²) in [4.78, 5) is 32.8. The van der Waals surface area contributed by atoms with E-state index in [1.54, 1.807) is 0 Å². The summed E-state index contributed by atoms with van der Waals surface area (Å²) < 4.78 is 6.48. The number of nitrogens with one attached hydrogen (secondary N) is 1. The highest BCUT2D eigenvalue weighted by molar-refractivity contribution is 5.88. The molecule has 5 rings (SSSR count). The van der Waals surface area contributed by atoms with Crippen LogP contribution in [0.2, 0.25) is 0 Å². The number of nitrogens with zero attached hydrogens (tertiary/aromatic N) is 3. The summed E-state index contributed by atoms with van der Waals surface area (Å²) in [7, 11) is 0. The van der Waals surface area contributed by atoms with Crippen LogP contribution in [-0.4, -0.2) is 64.8 Å². The molecule has 0 bridgehead atoms. The van der Waals surface area contributed by atoms with Crippen molar-refractivity contribution in [3.05, 3.63) is 59.5 Å². The maximum atomic E-state index is 14.0. The van der Waals surface area contributed by atoms with Crippen LogP contribution >= 0.6 is 0 Å². The van der Waals surface area contributed by atoms with Crippen LogP contribution in [0, 0.1) is 12.0 Å². The maximum absolute atomic E-state index is 14.0.